The SMILES string of the molecule is O=C(N1CCCC(C2OCCO2)C1)C1(c2cccc(Cl)c2)CCC1. The predicted octanol–water partition coefficient (Wildman–Crippen LogP) is 3.37. The molecule has 1 amide bonds. The van der Waals surface area contributed by atoms with Gasteiger partial charge in [-0.15, -0.1) is 0 Å². The van der Waals surface area contributed by atoms with E-state index in [1.54, 1.807) is 0 Å². The van der Waals surface area contributed by atoms with E-state index in [1.807, 2.05) is 29.2 Å². The Morgan fingerprint density at radius 1 is 1.21 bits per heavy atom. The minimum atomic E-state index is -0.371. The molecular formula is C19H24ClNO3. The van der Waals surface area contributed by atoms with Crippen LogP contribution in [0, 0.1) is 5.92 Å². The zero-order valence-electron chi connectivity index (χ0n) is 13.9. The summed E-state index contributed by atoms with van der Waals surface area (Å²) >= 11 is 6.17. The van der Waals surface area contributed by atoms with Gasteiger partial charge in [0.2, 0.25) is 5.91 Å². The lowest BCUT2D eigenvalue weighted by molar-refractivity contribution is -0.148. The van der Waals surface area contributed by atoms with Crippen molar-refractivity contribution in [2.75, 3.05) is 26.3 Å². The first-order valence-corrected chi connectivity index (χ1v) is 9.35. The number of hydrogen-bond donors (Lipinski definition) is 0. The molecule has 2 aliphatic heterocycles. The zero-order valence-corrected chi connectivity index (χ0v) is 14.6. The van der Waals surface area contributed by atoms with E-state index in [4.69, 9.17) is 21.1 Å². The van der Waals surface area contributed by atoms with Crippen LogP contribution in [0.2, 0.25) is 5.02 Å². The maximum atomic E-state index is 13.4. The summed E-state index contributed by atoms with van der Waals surface area (Å²) in [7, 11) is 0. The number of carbonyl (C=O) groups excluding carboxylic acids is 1. The molecule has 1 aromatic rings. The molecule has 4 rings (SSSR count). The minimum Gasteiger partial charge on any atom is -0.350 e. The van der Waals surface area contributed by atoms with Crippen LogP contribution in [-0.2, 0) is 19.7 Å². The Balaban J connectivity index is 1.53. The van der Waals surface area contributed by atoms with Crippen molar-refractivity contribution in [3.05, 3.63) is 34.9 Å². The number of piperidine rings is 1. The normalized spacial score (nSPS) is 27.0. The third-order valence-corrected chi connectivity index (χ3v) is 6.01. The van der Waals surface area contributed by atoms with Crippen LogP contribution in [0.15, 0.2) is 24.3 Å². The van der Waals surface area contributed by atoms with Gasteiger partial charge in [0.1, 0.15) is 0 Å². The number of halogens is 1. The highest BCUT2D eigenvalue weighted by Gasteiger charge is 2.48. The minimum absolute atomic E-state index is 0.135. The van der Waals surface area contributed by atoms with Gasteiger partial charge >= 0.3 is 0 Å². The van der Waals surface area contributed by atoms with E-state index in [0.29, 0.717) is 24.2 Å². The fraction of sp³-hybridized carbons (Fsp3) is 0.632. The molecule has 1 atom stereocenters. The summed E-state index contributed by atoms with van der Waals surface area (Å²) < 4.78 is 11.3. The first-order valence-electron chi connectivity index (χ1n) is 8.98. The molecule has 0 bridgehead atoms. The monoisotopic (exact) mass is 349 g/mol. The lowest BCUT2D eigenvalue weighted by Gasteiger charge is -2.46. The molecule has 1 aliphatic carbocycles. The summed E-state index contributed by atoms with van der Waals surface area (Å²) in [6.45, 7) is 2.92. The van der Waals surface area contributed by atoms with Gasteiger partial charge in [-0.1, -0.05) is 30.2 Å². The van der Waals surface area contributed by atoms with E-state index in [9.17, 15) is 4.79 Å². The summed E-state index contributed by atoms with van der Waals surface area (Å²) in [5.41, 5.74) is 0.700. The van der Waals surface area contributed by atoms with E-state index in [2.05, 4.69) is 0 Å². The number of benzene rings is 1. The molecular weight excluding hydrogens is 326 g/mol. The van der Waals surface area contributed by atoms with Gasteiger partial charge in [-0.2, -0.15) is 0 Å². The maximum Gasteiger partial charge on any atom is 0.233 e. The topological polar surface area (TPSA) is 38.8 Å². The number of amides is 1. The van der Waals surface area contributed by atoms with Gasteiger partial charge in [0.15, 0.2) is 6.29 Å². The van der Waals surface area contributed by atoms with Gasteiger partial charge in [-0.25, -0.2) is 0 Å². The first kappa shape index (κ1) is 16.4. The molecule has 1 aromatic carbocycles. The third-order valence-electron chi connectivity index (χ3n) is 5.77. The number of ether oxygens (including phenoxy) is 2. The lowest BCUT2D eigenvalue weighted by Crippen LogP contribution is -2.54. The van der Waals surface area contributed by atoms with Gasteiger partial charge < -0.3 is 14.4 Å². The molecule has 0 aromatic heterocycles. The van der Waals surface area contributed by atoms with Crippen LogP contribution in [0.3, 0.4) is 0 Å². The van der Waals surface area contributed by atoms with E-state index >= 15 is 0 Å². The van der Waals surface area contributed by atoms with Crippen LogP contribution in [0.4, 0.5) is 0 Å². The third kappa shape index (κ3) is 2.85. The van der Waals surface area contributed by atoms with Gasteiger partial charge in [0.25, 0.3) is 0 Å². The highest BCUT2D eigenvalue weighted by Crippen LogP contribution is 2.46. The van der Waals surface area contributed by atoms with Crippen molar-refractivity contribution < 1.29 is 14.3 Å². The van der Waals surface area contributed by atoms with E-state index in [0.717, 1.165) is 50.8 Å². The average Bonchev–Trinajstić information content (AvgIpc) is 3.08. The molecule has 1 unspecified atom stereocenters. The molecule has 3 aliphatic rings. The Kier molecular flexibility index (Phi) is 4.54. The molecule has 5 heteroatoms. The number of likely N-dealkylation sites (tertiary alicyclic amines) is 1. The van der Waals surface area contributed by atoms with Crippen molar-refractivity contribution in [2.45, 2.75) is 43.8 Å². The van der Waals surface area contributed by atoms with Crippen LogP contribution in [0.5, 0.6) is 0 Å². The molecule has 24 heavy (non-hydrogen) atoms. The molecule has 2 saturated heterocycles. The second-order valence-corrected chi connectivity index (χ2v) is 7.65. The lowest BCUT2D eigenvalue weighted by atomic mass is 9.63. The quantitative estimate of drug-likeness (QED) is 0.839. The van der Waals surface area contributed by atoms with Crippen molar-refractivity contribution in [1.29, 1.82) is 0 Å². The Morgan fingerprint density at radius 2 is 2.00 bits per heavy atom. The van der Waals surface area contributed by atoms with E-state index in [-0.39, 0.29) is 17.6 Å². The summed E-state index contributed by atoms with van der Waals surface area (Å²) in [5.74, 6) is 0.556. The van der Waals surface area contributed by atoms with E-state index < -0.39 is 0 Å². The second-order valence-electron chi connectivity index (χ2n) is 7.21. The fourth-order valence-corrected chi connectivity index (χ4v) is 4.50. The summed E-state index contributed by atoms with van der Waals surface area (Å²) in [6.07, 6.45) is 4.89. The van der Waals surface area contributed by atoms with E-state index in [1.165, 1.54) is 0 Å². The summed E-state index contributed by atoms with van der Waals surface area (Å²) in [6, 6.07) is 7.83. The highest BCUT2D eigenvalue weighted by atomic mass is 35.5. The molecule has 4 nitrogen and oxygen atoms in total. The summed E-state index contributed by atoms with van der Waals surface area (Å²) in [5, 5.41) is 0.704. The Bertz CT molecular complexity index is 610. The zero-order chi connectivity index (χ0) is 16.6. The van der Waals surface area contributed by atoms with Crippen LogP contribution >= 0.6 is 11.6 Å². The van der Waals surface area contributed by atoms with Crippen molar-refractivity contribution in [3.63, 3.8) is 0 Å². The number of carbonyl (C=O) groups is 1. The second kappa shape index (κ2) is 6.66. The molecule has 0 radical (unpaired) electrons. The van der Waals surface area contributed by atoms with Gasteiger partial charge in [-0.05, 0) is 43.4 Å². The maximum absolute atomic E-state index is 13.4. The van der Waals surface area contributed by atoms with Gasteiger partial charge in [0.05, 0.1) is 18.6 Å². The molecule has 0 N–H and O–H groups in total. The Hall–Kier alpha value is -1.10. The van der Waals surface area contributed by atoms with Crippen molar-refractivity contribution in [2.24, 2.45) is 5.92 Å². The number of hydrogen-bond acceptors (Lipinski definition) is 3. The number of rotatable bonds is 3. The molecule has 130 valence electrons. The average molecular weight is 350 g/mol. The standard InChI is InChI=1S/C19H24ClNO3/c20-16-6-1-5-15(12-16)19(7-3-8-19)18(22)21-9-2-4-14(13-21)17-23-10-11-24-17/h1,5-6,12,14,17H,2-4,7-11,13H2. The Labute approximate surface area is 148 Å². The predicted molar refractivity (Wildman–Crippen MR) is 92.0 cm³/mol. The molecule has 1 saturated carbocycles. The molecule has 2 heterocycles. The van der Waals surface area contributed by atoms with Crippen LogP contribution in [0.25, 0.3) is 0 Å². The fourth-order valence-electron chi connectivity index (χ4n) is 4.31. The van der Waals surface area contributed by atoms with Crippen LogP contribution in [0.1, 0.15) is 37.7 Å². The van der Waals surface area contributed by atoms with Gasteiger partial charge in [-0.3, -0.25) is 4.79 Å². The molecule has 0 spiro atoms. The number of nitrogens with zero attached hydrogens (tertiary/aromatic N) is 1. The highest BCUT2D eigenvalue weighted by molar-refractivity contribution is 6.30. The molecule has 3 fully saturated rings. The largest absolute Gasteiger partial charge is 0.350 e. The summed E-state index contributed by atoms with van der Waals surface area (Å²) in [4.78, 5) is 15.4. The Morgan fingerprint density at radius 3 is 2.67 bits per heavy atom. The van der Waals surface area contributed by atoms with Gasteiger partial charge in [0, 0.05) is 24.0 Å². The van der Waals surface area contributed by atoms with Crippen molar-refractivity contribution >= 4 is 17.5 Å². The first-order chi connectivity index (χ1) is 11.7. The van der Waals surface area contributed by atoms with Crippen LogP contribution < -0.4 is 0 Å². The van der Waals surface area contributed by atoms with Crippen molar-refractivity contribution in [1.82, 2.24) is 4.90 Å². The van der Waals surface area contributed by atoms with Crippen molar-refractivity contribution in [3.8, 4) is 0 Å². The smallest absolute Gasteiger partial charge is 0.233 e. The van der Waals surface area contributed by atoms with Crippen LogP contribution in [-0.4, -0.2) is 43.4 Å².